The van der Waals surface area contributed by atoms with Gasteiger partial charge in [-0.25, -0.2) is 9.59 Å². The van der Waals surface area contributed by atoms with Crippen molar-refractivity contribution < 1.29 is 57.3 Å². The van der Waals surface area contributed by atoms with E-state index in [2.05, 4.69) is 0 Å². The van der Waals surface area contributed by atoms with Crippen LogP contribution in [0, 0.1) is 23.7 Å². The third kappa shape index (κ3) is 21.3. The number of cyclic esters (lactones) is 4. The first-order chi connectivity index (χ1) is 39.7. The number of likely N-dealkylation sites (N-methyl/N-ethyl adjacent to an activating group) is 4. The Bertz CT molecular complexity index is 2310. The fourth-order valence-electron chi connectivity index (χ4n) is 11.6. The van der Waals surface area contributed by atoms with Crippen LogP contribution in [0.5, 0.6) is 0 Å². The lowest BCUT2D eigenvalue weighted by Crippen LogP contribution is -2.53. The van der Waals surface area contributed by atoms with Gasteiger partial charge in [0.2, 0.25) is 11.8 Å². The number of hydrogen-bond donors (Lipinski definition) is 0. The molecule has 0 aliphatic carbocycles. The highest BCUT2D eigenvalue weighted by Gasteiger charge is 2.41. The van der Waals surface area contributed by atoms with Crippen LogP contribution in [0.15, 0.2) is 48.5 Å². The van der Waals surface area contributed by atoms with Crippen molar-refractivity contribution >= 4 is 47.5 Å². The molecule has 0 bridgehead atoms. The van der Waals surface area contributed by atoms with E-state index in [-0.39, 0.29) is 74.3 Å². The lowest BCUT2D eigenvalue weighted by molar-refractivity contribution is -0.171. The summed E-state index contributed by atoms with van der Waals surface area (Å²) in [5, 5.41) is 0. The van der Waals surface area contributed by atoms with Gasteiger partial charge in [0, 0.05) is 79.0 Å². The second-order valence-corrected chi connectivity index (χ2v) is 26.0. The van der Waals surface area contributed by atoms with Crippen molar-refractivity contribution in [3.8, 4) is 0 Å². The molecule has 5 rings (SSSR count). The lowest BCUT2D eigenvalue weighted by atomic mass is 9.99. The lowest BCUT2D eigenvalue weighted by Gasteiger charge is -2.35. The second kappa shape index (κ2) is 33.1. The number of carbonyl (C=O) groups excluding carboxylic acids is 8. The molecule has 0 spiro atoms. The van der Waals surface area contributed by atoms with E-state index in [0.717, 1.165) is 49.7 Å². The van der Waals surface area contributed by atoms with Gasteiger partial charge in [0.1, 0.15) is 36.4 Å². The molecule has 0 radical (unpaired) electrons. The summed E-state index contributed by atoms with van der Waals surface area (Å²) in [5.41, 5.74) is 3.27. The molecule has 18 heteroatoms. The minimum atomic E-state index is -1.37. The van der Waals surface area contributed by atoms with Crippen LogP contribution in [0.3, 0.4) is 0 Å². The van der Waals surface area contributed by atoms with Gasteiger partial charge in [-0.05, 0) is 125 Å². The Morgan fingerprint density at radius 1 is 0.405 bits per heavy atom. The fourth-order valence-corrected chi connectivity index (χ4v) is 11.6. The largest absolute Gasteiger partial charge is 0.460 e. The third-order valence-electron chi connectivity index (χ3n) is 16.3. The molecular formula is C66H102N6O12. The van der Waals surface area contributed by atoms with Crippen LogP contribution in [0.4, 0.5) is 0 Å². The van der Waals surface area contributed by atoms with Crippen LogP contribution >= 0.6 is 0 Å². The maximum Gasteiger partial charge on any atom is 0.329 e. The zero-order valence-electron chi connectivity index (χ0n) is 53.3. The molecule has 0 aromatic heterocycles. The Morgan fingerprint density at radius 3 is 1.02 bits per heavy atom. The van der Waals surface area contributed by atoms with Crippen LogP contribution in [0.25, 0.3) is 0 Å². The molecule has 0 N–H and O–H groups in total. The number of rotatable bonds is 16. The number of esters is 4. The molecule has 2 aromatic carbocycles. The molecule has 84 heavy (non-hydrogen) atoms. The molecular weight excluding hydrogens is 1070 g/mol. The highest BCUT2D eigenvalue weighted by atomic mass is 16.6. The van der Waals surface area contributed by atoms with Crippen molar-refractivity contribution in [2.45, 2.75) is 221 Å². The molecule has 3 aliphatic rings. The highest BCUT2D eigenvalue weighted by Crippen LogP contribution is 2.25. The summed E-state index contributed by atoms with van der Waals surface area (Å²) in [7, 11) is 6.52. The molecule has 3 saturated heterocycles. The van der Waals surface area contributed by atoms with E-state index in [9.17, 15) is 28.8 Å². The SMILES string of the molecule is CC(C)CC1C(=O)OC(Cc2ccc(CN3CCCCCC3=O)cc2)C(=O)N(C)C(CC(C)C)C(=O)OC(C)CN(C)C(CC(C)C)C(=O)OC(Cc2ccc(CN3CCCCCC3=O)cc2)C(=O)N(C)C(CC(C)C)C(=O)OC(C)CN1C. The Kier molecular flexibility index (Phi) is 27.2. The third-order valence-corrected chi connectivity index (χ3v) is 16.3. The maximum absolute atomic E-state index is 15.1. The van der Waals surface area contributed by atoms with Gasteiger partial charge >= 0.3 is 23.9 Å². The summed E-state index contributed by atoms with van der Waals surface area (Å²) in [6, 6.07) is 11.2. The van der Waals surface area contributed by atoms with Gasteiger partial charge in [-0.15, -0.1) is 0 Å². The maximum atomic E-state index is 15.1. The number of likely N-dealkylation sites (tertiary alicyclic amines) is 2. The molecule has 4 amide bonds. The molecule has 468 valence electrons. The van der Waals surface area contributed by atoms with E-state index < -0.39 is 84.3 Å². The average Bonchev–Trinajstić information content (AvgIpc) is 3.87. The zero-order valence-corrected chi connectivity index (χ0v) is 53.3. The fraction of sp³-hybridized carbons (Fsp3) is 0.697. The van der Waals surface area contributed by atoms with Gasteiger partial charge in [0.15, 0.2) is 12.2 Å². The average molecular weight is 1170 g/mol. The molecule has 2 aromatic rings. The van der Waals surface area contributed by atoms with Gasteiger partial charge in [-0.2, -0.15) is 0 Å². The van der Waals surface area contributed by atoms with Crippen LogP contribution in [0.1, 0.15) is 169 Å². The molecule has 8 atom stereocenters. The second-order valence-electron chi connectivity index (χ2n) is 26.0. The van der Waals surface area contributed by atoms with Gasteiger partial charge in [0.25, 0.3) is 11.8 Å². The highest BCUT2D eigenvalue weighted by molar-refractivity contribution is 5.90. The zero-order chi connectivity index (χ0) is 61.9. The first-order valence-corrected chi connectivity index (χ1v) is 31.2. The van der Waals surface area contributed by atoms with Crippen LogP contribution in [-0.4, -0.2) is 180 Å². The normalized spacial score (nSPS) is 25.6. The summed E-state index contributed by atoms with van der Waals surface area (Å²) in [5.74, 6) is -3.74. The van der Waals surface area contributed by atoms with E-state index in [1.165, 1.54) is 23.9 Å². The van der Waals surface area contributed by atoms with E-state index in [1.54, 1.807) is 37.7 Å². The van der Waals surface area contributed by atoms with Crippen molar-refractivity contribution in [2.75, 3.05) is 54.4 Å². The van der Waals surface area contributed by atoms with Crippen molar-refractivity contribution in [3.05, 3.63) is 70.8 Å². The summed E-state index contributed by atoms with van der Waals surface area (Å²) < 4.78 is 25.1. The molecule has 3 aliphatic heterocycles. The van der Waals surface area contributed by atoms with Crippen LogP contribution in [-0.2, 0) is 83.2 Å². The summed E-state index contributed by atoms with van der Waals surface area (Å²) in [4.78, 5) is 125. The Morgan fingerprint density at radius 2 is 0.702 bits per heavy atom. The van der Waals surface area contributed by atoms with E-state index in [0.29, 0.717) is 63.0 Å². The monoisotopic (exact) mass is 1170 g/mol. The number of benzene rings is 2. The quantitative estimate of drug-likeness (QED) is 0.115. The predicted octanol–water partition coefficient (Wildman–Crippen LogP) is 8.42. The smallest absolute Gasteiger partial charge is 0.329 e. The van der Waals surface area contributed by atoms with Gasteiger partial charge in [0.05, 0.1) is 0 Å². The number of carbonyl (C=O) groups is 8. The van der Waals surface area contributed by atoms with Crippen LogP contribution in [0.2, 0.25) is 0 Å². The number of amides is 4. The summed E-state index contributed by atoms with van der Waals surface area (Å²) in [6.07, 6.45) is 3.49. The first kappa shape index (κ1) is 68.9. The summed E-state index contributed by atoms with van der Waals surface area (Å²) >= 11 is 0. The van der Waals surface area contributed by atoms with Crippen molar-refractivity contribution in [1.29, 1.82) is 0 Å². The minimum Gasteiger partial charge on any atom is -0.460 e. The molecule has 3 fully saturated rings. The molecule has 3 heterocycles. The molecule has 0 saturated carbocycles. The Hall–Kier alpha value is -5.88. The number of nitrogens with zero attached hydrogens (tertiary/aromatic N) is 6. The molecule has 8 unspecified atom stereocenters. The van der Waals surface area contributed by atoms with E-state index in [4.69, 9.17) is 18.9 Å². The first-order valence-electron chi connectivity index (χ1n) is 31.2. The van der Waals surface area contributed by atoms with Crippen molar-refractivity contribution in [2.24, 2.45) is 23.7 Å². The Balaban J connectivity index is 1.53. The Labute approximate surface area is 501 Å². The minimum absolute atomic E-state index is 0.00745. The summed E-state index contributed by atoms with van der Waals surface area (Å²) in [6.45, 7) is 21.6. The number of ether oxygens (including phenoxy) is 4. The predicted molar refractivity (Wildman–Crippen MR) is 323 cm³/mol. The topological polar surface area (TPSA) is 193 Å². The van der Waals surface area contributed by atoms with Gasteiger partial charge in [-0.1, -0.05) is 117 Å². The number of hydrogen-bond acceptors (Lipinski definition) is 14. The van der Waals surface area contributed by atoms with Gasteiger partial charge < -0.3 is 38.5 Å². The van der Waals surface area contributed by atoms with E-state index >= 15 is 9.59 Å². The standard InChI is InChI=1S/C66H102N6O12/c1-43(2)33-53-63(77)83-57(37-49-23-27-51(28-24-49)41-71-31-19-15-17-21-59(71)73)61(75)69(13)56(36-46(7)8)66(80)82-48(10)40-68(12)54(34-44(3)4)64(78)84-58(38-50-25-29-52(30-26-50)42-72-32-20-16-18-22-60(72)74)62(76)70(14)55(35-45(5)6)65(79)81-47(9)39-67(53)11/h23-30,43-48,53-58H,15-22,31-42H2,1-14H3. The van der Waals surface area contributed by atoms with E-state index in [1.807, 2.05) is 114 Å². The molecule has 18 nitrogen and oxygen atoms in total. The van der Waals surface area contributed by atoms with Crippen molar-refractivity contribution in [1.82, 2.24) is 29.4 Å². The van der Waals surface area contributed by atoms with Gasteiger partial charge in [-0.3, -0.25) is 38.6 Å². The van der Waals surface area contributed by atoms with Crippen LogP contribution < -0.4 is 0 Å². The van der Waals surface area contributed by atoms with Crippen molar-refractivity contribution in [3.63, 3.8) is 0 Å².